The number of aliphatic imine (C=N–C) groups is 1. The molecule has 148 valence electrons. The van der Waals surface area contributed by atoms with E-state index in [2.05, 4.69) is 45.2 Å². The van der Waals surface area contributed by atoms with E-state index in [1.54, 1.807) is 11.3 Å². The maximum absolute atomic E-state index is 12.9. The SMILES string of the molecule is CCNC(=NCC(=O)Nc1ccc(F)cc1)NCc1nc(C(C)C)cs1.I. The summed E-state index contributed by atoms with van der Waals surface area (Å²) < 4.78 is 12.9. The number of hydrogen-bond donors (Lipinski definition) is 3. The predicted octanol–water partition coefficient (Wildman–Crippen LogP) is 3.72. The average molecular weight is 505 g/mol. The van der Waals surface area contributed by atoms with Crippen LogP contribution in [0.5, 0.6) is 0 Å². The van der Waals surface area contributed by atoms with Crippen molar-refractivity contribution in [2.75, 3.05) is 18.4 Å². The highest BCUT2D eigenvalue weighted by atomic mass is 127. The molecular formula is C18H25FIN5OS. The molecular weight excluding hydrogens is 480 g/mol. The molecule has 1 amide bonds. The molecule has 27 heavy (non-hydrogen) atoms. The van der Waals surface area contributed by atoms with Gasteiger partial charge in [-0.3, -0.25) is 4.79 Å². The largest absolute Gasteiger partial charge is 0.357 e. The van der Waals surface area contributed by atoms with Crippen LogP contribution in [-0.2, 0) is 11.3 Å². The average Bonchev–Trinajstić information content (AvgIpc) is 3.09. The van der Waals surface area contributed by atoms with Gasteiger partial charge in [0.2, 0.25) is 5.91 Å². The molecule has 9 heteroatoms. The Balaban J connectivity index is 0.00000364. The Morgan fingerprint density at radius 1 is 1.26 bits per heavy atom. The summed E-state index contributed by atoms with van der Waals surface area (Å²) in [5, 5.41) is 12.0. The van der Waals surface area contributed by atoms with Crippen molar-refractivity contribution in [3.8, 4) is 0 Å². The lowest BCUT2D eigenvalue weighted by molar-refractivity contribution is -0.114. The summed E-state index contributed by atoms with van der Waals surface area (Å²) in [5.41, 5.74) is 1.61. The Hall–Kier alpha value is -1.75. The molecule has 0 fully saturated rings. The van der Waals surface area contributed by atoms with Crippen LogP contribution in [0.2, 0.25) is 0 Å². The van der Waals surface area contributed by atoms with Crippen molar-refractivity contribution in [3.05, 3.63) is 46.2 Å². The van der Waals surface area contributed by atoms with E-state index in [4.69, 9.17) is 0 Å². The lowest BCUT2D eigenvalue weighted by Crippen LogP contribution is -2.37. The Kier molecular flexibility index (Phi) is 10.2. The van der Waals surface area contributed by atoms with E-state index in [1.807, 2.05) is 6.92 Å². The Morgan fingerprint density at radius 2 is 1.96 bits per heavy atom. The van der Waals surface area contributed by atoms with Gasteiger partial charge in [-0.1, -0.05) is 13.8 Å². The second-order valence-electron chi connectivity index (χ2n) is 5.92. The van der Waals surface area contributed by atoms with E-state index in [9.17, 15) is 9.18 Å². The highest BCUT2D eigenvalue weighted by Crippen LogP contribution is 2.17. The molecule has 3 N–H and O–H groups in total. The summed E-state index contributed by atoms with van der Waals surface area (Å²) >= 11 is 1.60. The molecule has 0 radical (unpaired) electrons. The fourth-order valence-corrected chi connectivity index (χ4v) is 2.95. The summed E-state index contributed by atoms with van der Waals surface area (Å²) in [6, 6.07) is 5.61. The van der Waals surface area contributed by atoms with E-state index in [-0.39, 0.29) is 42.2 Å². The van der Waals surface area contributed by atoms with Crippen LogP contribution in [0.15, 0.2) is 34.6 Å². The third-order valence-electron chi connectivity index (χ3n) is 3.42. The van der Waals surface area contributed by atoms with Gasteiger partial charge in [-0.25, -0.2) is 14.4 Å². The van der Waals surface area contributed by atoms with Gasteiger partial charge in [-0.05, 0) is 37.1 Å². The third kappa shape index (κ3) is 8.21. The fourth-order valence-electron chi connectivity index (χ4n) is 2.06. The number of amides is 1. The number of rotatable bonds is 7. The highest BCUT2D eigenvalue weighted by Gasteiger charge is 2.07. The molecule has 2 aromatic rings. The number of guanidine groups is 1. The van der Waals surface area contributed by atoms with Crippen LogP contribution in [0, 0.1) is 5.82 Å². The molecule has 0 aliphatic rings. The number of halogens is 2. The molecule has 0 aliphatic carbocycles. The maximum atomic E-state index is 12.9. The number of benzene rings is 1. The summed E-state index contributed by atoms with van der Waals surface area (Å²) in [4.78, 5) is 20.8. The first-order valence-electron chi connectivity index (χ1n) is 8.49. The van der Waals surface area contributed by atoms with Crippen molar-refractivity contribution in [2.24, 2.45) is 4.99 Å². The molecule has 0 saturated heterocycles. The zero-order valence-electron chi connectivity index (χ0n) is 15.6. The van der Waals surface area contributed by atoms with Crippen molar-refractivity contribution in [2.45, 2.75) is 33.2 Å². The topological polar surface area (TPSA) is 78.4 Å². The van der Waals surface area contributed by atoms with Gasteiger partial charge in [0.15, 0.2) is 5.96 Å². The smallest absolute Gasteiger partial charge is 0.246 e. The van der Waals surface area contributed by atoms with Crippen molar-refractivity contribution in [3.63, 3.8) is 0 Å². The van der Waals surface area contributed by atoms with Gasteiger partial charge in [-0.15, -0.1) is 35.3 Å². The van der Waals surface area contributed by atoms with Gasteiger partial charge in [-0.2, -0.15) is 0 Å². The normalized spacial score (nSPS) is 11.1. The predicted molar refractivity (Wildman–Crippen MR) is 119 cm³/mol. The van der Waals surface area contributed by atoms with Gasteiger partial charge < -0.3 is 16.0 Å². The minimum Gasteiger partial charge on any atom is -0.357 e. The Labute approximate surface area is 180 Å². The first-order valence-corrected chi connectivity index (χ1v) is 9.37. The van der Waals surface area contributed by atoms with Gasteiger partial charge >= 0.3 is 0 Å². The van der Waals surface area contributed by atoms with Crippen molar-refractivity contribution < 1.29 is 9.18 Å². The third-order valence-corrected chi connectivity index (χ3v) is 4.29. The Bertz CT molecular complexity index is 748. The van der Waals surface area contributed by atoms with Crippen LogP contribution in [0.1, 0.15) is 37.4 Å². The molecule has 1 heterocycles. The summed E-state index contributed by atoms with van der Waals surface area (Å²) in [5.74, 6) is 0.327. The first kappa shape index (κ1) is 23.3. The summed E-state index contributed by atoms with van der Waals surface area (Å²) in [7, 11) is 0. The zero-order chi connectivity index (χ0) is 18.9. The number of aromatic nitrogens is 1. The fraction of sp³-hybridized carbons (Fsp3) is 0.389. The number of thiazole rings is 1. The molecule has 1 aromatic carbocycles. The van der Waals surface area contributed by atoms with E-state index in [0.29, 0.717) is 30.7 Å². The zero-order valence-corrected chi connectivity index (χ0v) is 18.7. The van der Waals surface area contributed by atoms with Crippen molar-refractivity contribution in [1.82, 2.24) is 15.6 Å². The van der Waals surface area contributed by atoms with Crippen molar-refractivity contribution in [1.29, 1.82) is 0 Å². The first-order chi connectivity index (χ1) is 12.5. The molecule has 0 aliphatic heterocycles. The molecule has 0 unspecified atom stereocenters. The lowest BCUT2D eigenvalue weighted by atomic mass is 10.2. The minimum absolute atomic E-state index is 0. The van der Waals surface area contributed by atoms with E-state index >= 15 is 0 Å². The lowest BCUT2D eigenvalue weighted by Gasteiger charge is -2.10. The molecule has 0 spiro atoms. The van der Waals surface area contributed by atoms with Crippen LogP contribution < -0.4 is 16.0 Å². The van der Waals surface area contributed by atoms with Crippen LogP contribution in [0.25, 0.3) is 0 Å². The van der Waals surface area contributed by atoms with Gasteiger partial charge in [0.1, 0.15) is 17.4 Å². The minimum atomic E-state index is -0.345. The second-order valence-corrected chi connectivity index (χ2v) is 6.87. The van der Waals surface area contributed by atoms with Gasteiger partial charge in [0.25, 0.3) is 0 Å². The second kappa shape index (κ2) is 11.9. The Morgan fingerprint density at radius 3 is 2.56 bits per heavy atom. The monoisotopic (exact) mass is 505 g/mol. The van der Waals surface area contributed by atoms with E-state index < -0.39 is 0 Å². The molecule has 2 rings (SSSR count). The molecule has 6 nitrogen and oxygen atoms in total. The van der Waals surface area contributed by atoms with Gasteiger partial charge in [0, 0.05) is 17.6 Å². The summed E-state index contributed by atoms with van der Waals surface area (Å²) in [6.45, 7) is 7.36. The number of hydrogen-bond acceptors (Lipinski definition) is 4. The number of carbonyl (C=O) groups excluding carboxylic acids is 1. The van der Waals surface area contributed by atoms with Crippen LogP contribution in [-0.4, -0.2) is 29.9 Å². The van der Waals surface area contributed by atoms with E-state index in [0.717, 1.165) is 10.7 Å². The summed E-state index contributed by atoms with van der Waals surface area (Å²) in [6.07, 6.45) is 0. The van der Waals surface area contributed by atoms with E-state index in [1.165, 1.54) is 24.3 Å². The van der Waals surface area contributed by atoms with Crippen molar-refractivity contribution >= 4 is 52.9 Å². The number of nitrogens with zero attached hydrogens (tertiary/aromatic N) is 2. The molecule has 1 aromatic heterocycles. The number of carbonyl (C=O) groups is 1. The molecule has 0 atom stereocenters. The quantitative estimate of drug-likeness (QED) is 0.305. The van der Waals surface area contributed by atoms with Crippen LogP contribution in [0.3, 0.4) is 0 Å². The maximum Gasteiger partial charge on any atom is 0.246 e. The number of anilines is 1. The molecule has 0 bridgehead atoms. The standard InChI is InChI=1S/C18H24FN5OS.HI/c1-4-20-18(22-10-17-24-15(11-26-17)12(2)3)21-9-16(25)23-14-7-5-13(19)6-8-14;/h5-8,11-12H,4,9-10H2,1-3H3,(H,23,25)(H2,20,21,22);1H. The van der Waals surface area contributed by atoms with Crippen LogP contribution >= 0.6 is 35.3 Å². The van der Waals surface area contributed by atoms with Gasteiger partial charge in [0.05, 0.1) is 12.2 Å². The highest BCUT2D eigenvalue weighted by molar-refractivity contribution is 14.0. The number of nitrogens with one attached hydrogen (secondary N) is 3. The molecule has 0 saturated carbocycles. The van der Waals surface area contributed by atoms with Crippen LogP contribution in [0.4, 0.5) is 10.1 Å².